The number of methoxy groups -OCH3 is 2. The lowest BCUT2D eigenvalue weighted by atomic mass is 10.1. The number of aromatic nitrogens is 2. The van der Waals surface area contributed by atoms with Gasteiger partial charge in [-0.1, -0.05) is 92.2 Å². The molecule has 5 nitrogen and oxygen atoms in total. The van der Waals surface area contributed by atoms with Crippen molar-refractivity contribution in [2.45, 2.75) is 45.9 Å². The van der Waals surface area contributed by atoms with Crippen molar-refractivity contribution in [2.75, 3.05) is 14.2 Å². The summed E-state index contributed by atoms with van der Waals surface area (Å²) in [5, 5.41) is 0. The van der Waals surface area contributed by atoms with E-state index >= 15 is 0 Å². The Balaban J connectivity index is 1.60. The molecule has 216 valence electrons. The molecule has 0 unspecified atom stereocenters. The molecule has 0 aliphatic rings. The summed E-state index contributed by atoms with van der Waals surface area (Å²) >= 11 is 0. The fourth-order valence-electron chi connectivity index (χ4n) is 5.27. The van der Waals surface area contributed by atoms with Crippen LogP contribution in [0.4, 0.5) is 4.39 Å². The Bertz CT molecular complexity index is 1570. The van der Waals surface area contributed by atoms with Crippen molar-refractivity contribution < 1.29 is 13.9 Å². The minimum atomic E-state index is -0.358. The normalized spacial score (nSPS) is 11.2. The molecule has 6 heteroatoms. The summed E-state index contributed by atoms with van der Waals surface area (Å²) in [6.07, 6.45) is 2.12. The van der Waals surface area contributed by atoms with Gasteiger partial charge in [0.2, 0.25) is 0 Å². The van der Waals surface area contributed by atoms with E-state index in [9.17, 15) is 4.39 Å². The Kier molecular flexibility index (Phi) is 9.67. The van der Waals surface area contributed by atoms with Crippen molar-refractivity contribution in [2.24, 2.45) is 0 Å². The first-order valence-electron chi connectivity index (χ1n) is 14.5. The molecule has 0 fully saturated rings. The second kappa shape index (κ2) is 14.0. The summed E-state index contributed by atoms with van der Waals surface area (Å²) in [7, 11) is 3.16. The standard InChI is InChI=1S/C36H38FN3O2/c1-4-5-22-40-33(35(29-12-8-6-9-13-29)38-36(40)30-14-10-7-11-15-30)26-39(24-27-16-19-31(41-2)20-17-27)25-28-18-21-34(42-3)32(37)23-28/h6-21,23H,4-5,22,24-26H2,1-3H3. The fraction of sp³-hybridized carbons (Fsp3) is 0.250. The zero-order chi connectivity index (χ0) is 29.3. The van der Waals surface area contributed by atoms with E-state index in [0.717, 1.165) is 64.6 Å². The summed E-state index contributed by atoms with van der Waals surface area (Å²) < 4.78 is 27.7. The van der Waals surface area contributed by atoms with Gasteiger partial charge < -0.3 is 14.0 Å². The molecule has 1 aromatic heterocycles. The van der Waals surface area contributed by atoms with Crippen LogP contribution in [0, 0.1) is 5.82 Å². The number of ether oxygens (including phenoxy) is 2. The lowest BCUT2D eigenvalue weighted by Gasteiger charge is -2.25. The van der Waals surface area contributed by atoms with Gasteiger partial charge in [0.05, 0.1) is 25.6 Å². The van der Waals surface area contributed by atoms with Crippen LogP contribution in [0.1, 0.15) is 36.6 Å². The molecule has 0 radical (unpaired) electrons. The molecule has 0 saturated carbocycles. The summed E-state index contributed by atoms with van der Waals surface area (Å²) in [5.41, 5.74) is 6.33. The molecule has 0 aliphatic heterocycles. The quantitative estimate of drug-likeness (QED) is 0.144. The van der Waals surface area contributed by atoms with Crippen LogP contribution in [0.25, 0.3) is 22.6 Å². The first-order chi connectivity index (χ1) is 20.6. The highest BCUT2D eigenvalue weighted by atomic mass is 19.1. The number of rotatable bonds is 13. The van der Waals surface area contributed by atoms with E-state index in [4.69, 9.17) is 14.5 Å². The molecule has 0 saturated heterocycles. The molecule has 0 amide bonds. The largest absolute Gasteiger partial charge is 0.497 e. The molecule has 0 N–H and O–H groups in total. The number of hydrogen-bond acceptors (Lipinski definition) is 4. The van der Waals surface area contributed by atoms with Gasteiger partial charge >= 0.3 is 0 Å². The predicted molar refractivity (Wildman–Crippen MR) is 167 cm³/mol. The van der Waals surface area contributed by atoms with Crippen LogP contribution in [-0.4, -0.2) is 28.7 Å². The Morgan fingerprint density at radius 2 is 1.38 bits per heavy atom. The maximum atomic E-state index is 14.7. The smallest absolute Gasteiger partial charge is 0.165 e. The van der Waals surface area contributed by atoms with Crippen LogP contribution in [0.5, 0.6) is 11.5 Å². The van der Waals surface area contributed by atoms with Crippen molar-refractivity contribution in [1.82, 2.24) is 14.5 Å². The maximum absolute atomic E-state index is 14.7. The Morgan fingerprint density at radius 3 is 2.00 bits per heavy atom. The third kappa shape index (κ3) is 6.89. The second-order valence-corrected chi connectivity index (χ2v) is 10.4. The molecule has 1 heterocycles. The Morgan fingerprint density at radius 1 is 0.738 bits per heavy atom. The van der Waals surface area contributed by atoms with E-state index < -0.39 is 0 Å². The van der Waals surface area contributed by atoms with E-state index in [1.807, 2.05) is 30.3 Å². The lowest BCUT2D eigenvalue weighted by molar-refractivity contribution is 0.240. The van der Waals surface area contributed by atoms with Gasteiger partial charge in [0, 0.05) is 37.3 Å². The molecular formula is C36H38FN3O2. The minimum absolute atomic E-state index is 0.247. The zero-order valence-corrected chi connectivity index (χ0v) is 24.6. The lowest BCUT2D eigenvalue weighted by Crippen LogP contribution is -2.24. The van der Waals surface area contributed by atoms with Crippen LogP contribution in [0.15, 0.2) is 103 Å². The van der Waals surface area contributed by atoms with Crippen molar-refractivity contribution in [1.29, 1.82) is 0 Å². The summed E-state index contributed by atoms with van der Waals surface area (Å²) in [6.45, 7) is 4.94. The average molecular weight is 564 g/mol. The highest BCUT2D eigenvalue weighted by molar-refractivity contribution is 5.68. The van der Waals surface area contributed by atoms with E-state index in [2.05, 4.69) is 77.1 Å². The van der Waals surface area contributed by atoms with Crippen molar-refractivity contribution in [3.63, 3.8) is 0 Å². The molecule has 5 rings (SSSR count). The van der Waals surface area contributed by atoms with Gasteiger partial charge in [-0.05, 0) is 41.8 Å². The van der Waals surface area contributed by atoms with Crippen LogP contribution in [0.3, 0.4) is 0 Å². The van der Waals surface area contributed by atoms with Crippen LogP contribution in [0.2, 0.25) is 0 Å². The van der Waals surface area contributed by atoms with Crippen LogP contribution >= 0.6 is 0 Å². The summed E-state index contributed by atoms with van der Waals surface area (Å²) in [5.74, 6) is 1.68. The fourth-order valence-corrected chi connectivity index (χ4v) is 5.27. The second-order valence-electron chi connectivity index (χ2n) is 10.4. The Hall–Kier alpha value is -4.42. The third-order valence-corrected chi connectivity index (χ3v) is 7.45. The summed E-state index contributed by atoms with van der Waals surface area (Å²) in [4.78, 5) is 7.62. The molecular weight excluding hydrogens is 525 g/mol. The van der Waals surface area contributed by atoms with Crippen molar-refractivity contribution >= 4 is 0 Å². The summed E-state index contributed by atoms with van der Waals surface area (Å²) in [6, 6.07) is 34.1. The minimum Gasteiger partial charge on any atom is -0.497 e. The van der Waals surface area contributed by atoms with Crippen LogP contribution < -0.4 is 9.47 Å². The van der Waals surface area contributed by atoms with E-state index in [1.165, 1.54) is 7.11 Å². The molecule has 0 atom stereocenters. The van der Waals surface area contributed by atoms with E-state index in [0.29, 0.717) is 19.6 Å². The maximum Gasteiger partial charge on any atom is 0.165 e. The molecule has 4 aromatic carbocycles. The first kappa shape index (κ1) is 29.1. The van der Waals surface area contributed by atoms with Crippen molar-refractivity contribution in [3.05, 3.63) is 126 Å². The number of halogens is 1. The topological polar surface area (TPSA) is 39.5 Å². The van der Waals surface area contributed by atoms with Gasteiger partial charge in [-0.2, -0.15) is 0 Å². The van der Waals surface area contributed by atoms with Gasteiger partial charge in [0.25, 0.3) is 0 Å². The van der Waals surface area contributed by atoms with Gasteiger partial charge in [0.1, 0.15) is 11.6 Å². The zero-order valence-electron chi connectivity index (χ0n) is 24.6. The highest BCUT2D eigenvalue weighted by Crippen LogP contribution is 2.32. The molecule has 0 bridgehead atoms. The van der Waals surface area contributed by atoms with Gasteiger partial charge in [-0.3, -0.25) is 4.90 Å². The first-order valence-corrected chi connectivity index (χ1v) is 14.5. The molecule has 42 heavy (non-hydrogen) atoms. The Labute approximate surface area is 248 Å². The average Bonchev–Trinajstić information content (AvgIpc) is 3.39. The van der Waals surface area contributed by atoms with Gasteiger partial charge in [0.15, 0.2) is 11.6 Å². The van der Waals surface area contributed by atoms with Crippen molar-refractivity contribution in [3.8, 4) is 34.1 Å². The number of benzene rings is 4. The monoisotopic (exact) mass is 563 g/mol. The number of unbranched alkanes of at least 4 members (excludes halogenated alkanes) is 1. The number of nitrogens with zero attached hydrogens (tertiary/aromatic N) is 3. The number of hydrogen-bond donors (Lipinski definition) is 0. The third-order valence-electron chi connectivity index (χ3n) is 7.45. The van der Waals surface area contributed by atoms with E-state index in [-0.39, 0.29) is 11.6 Å². The SMILES string of the molecule is CCCCn1c(-c2ccccc2)nc(-c2ccccc2)c1CN(Cc1ccc(OC)cc1)Cc1ccc(OC)c(F)c1. The predicted octanol–water partition coefficient (Wildman–Crippen LogP) is 8.38. The number of imidazole rings is 1. The van der Waals surface area contributed by atoms with Crippen LogP contribution in [-0.2, 0) is 26.2 Å². The van der Waals surface area contributed by atoms with Gasteiger partial charge in [-0.15, -0.1) is 0 Å². The molecule has 0 aliphatic carbocycles. The highest BCUT2D eigenvalue weighted by Gasteiger charge is 2.22. The van der Waals surface area contributed by atoms with Gasteiger partial charge in [-0.25, -0.2) is 9.37 Å². The molecule has 0 spiro atoms. The molecule has 5 aromatic rings. The van der Waals surface area contributed by atoms with E-state index in [1.54, 1.807) is 19.2 Å².